The second-order valence-corrected chi connectivity index (χ2v) is 4.41. The molecule has 0 atom stereocenters. The fourth-order valence-electron chi connectivity index (χ4n) is 1.68. The van der Waals surface area contributed by atoms with Gasteiger partial charge in [-0.2, -0.15) is 13.2 Å². The zero-order valence-corrected chi connectivity index (χ0v) is 11.3. The number of nitrogens with one attached hydrogen (secondary N) is 2. The smallest absolute Gasteiger partial charge is 0.416 e. The summed E-state index contributed by atoms with van der Waals surface area (Å²) in [5.41, 5.74) is -0.516. The van der Waals surface area contributed by atoms with Crippen LogP contribution >= 0.6 is 0 Å². The number of halogens is 3. The van der Waals surface area contributed by atoms with Gasteiger partial charge >= 0.3 is 18.2 Å². The van der Waals surface area contributed by atoms with Gasteiger partial charge in [0.15, 0.2) is 0 Å². The third-order valence-electron chi connectivity index (χ3n) is 2.64. The van der Waals surface area contributed by atoms with Crippen LogP contribution in [0.3, 0.4) is 0 Å². The highest BCUT2D eigenvalue weighted by atomic mass is 19.4. The summed E-state index contributed by atoms with van der Waals surface area (Å²) in [7, 11) is 0. The molecular formula is C13H15F3N2O3. The highest BCUT2D eigenvalue weighted by Crippen LogP contribution is 2.32. The standard InChI is InChI=1S/C13H15F3N2O3/c1-8-7-9(4-5-10(8)13(14,15)16)18-12(21)17-6-2-3-11(19)20/h4-5,7H,2-3,6H2,1H3,(H,19,20)(H2,17,18,21). The maximum absolute atomic E-state index is 12.6. The average Bonchev–Trinajstić information content (AvgIpc) is 2.33. The fraction of sp³-hybridized carbons (Fsp3) is 0.385. The number of rotatable bonds is 5. The lowest BCUT2D eigenvalue weighted by Gasteiger charge is -2.12. The molecule has 0 unspecified atom stereocenters. The second-order valence-electron chi connectivity index (χ2n) is 4.41. The van der Waals surface area contributed by atoms with Gasteiger partial charge in [-0.1, -0.05) is 0 Å². The first kappa shape index (κ1) is 16.8. The number of amides is 2. The molecule has 21 heavy (non-hydrogen) atoms. The van der Waals surface area contributed by atoms with Crippen LogP contribution in [-0.2, 0) is 11.0 Å². The number of aliphatic carboxylic acids is 1. The molecular weight excluding hydrogens is 289 g/mol. The van der Waals surface area contributed by atoms with Gasteiger partial charge in [0.05, 0.1) is 5.56 Å². The SMILES string of the molecule is Cc1cc(NC(=O)NCCCC(=O)O)ccc1C(F)(F)F. The van der Waals surface area contributed by atoms with Crippen LogP contribution in [-0.4, -0.2) is 23.7 Å². The summed E-state index contributed by atoms with van der Waals surface area (Å²) in [6, 6.07) is 2.68. The molecule has 0 aliphatic heterocycles. The van der Waals surface area contributed by atoms with E-state index in [0.29, 0.717) is 0 Å². The number of benzene rings is 1. The summed E-state index contributed by atoms with van der Waals surface area (Å²) in [5, 5.41) is 13.2. The van der Waals surface area contributed by atoms with E-state index in [1.165, 1.54) is 13.0 Å². The van der Waals surface area contributed by atoms with Gasteiger partial charge in [0.1, 0.15) is 0 Å². The zero-order chi connectivity index (χ0) is 16.0. The number of aryl methyl sites for hydroxylation is 1. The van der Waals surface area contributed by atoms with Crippen molar-refractivity contribution >= 4 is 17.7 Å². The number of hydrogen-bond donors (Lipinski definition) is 3. The monoisotopic (exact) mass is 304 g/mol. The average molecular weight is 304 g/mol. The summed E-state index contributed by atoms with van der Waals surface area (Å²) < 4.78 is 37.7. The molecule has 0 heterocycles. The van der Waals surface area contributed by atoms with Crippen LogP contribution in [0.15, 0.2) is 18.2 Å². The van der Waals surface area contributed by atoms with E-state index in [4.69, 9.17) is 5.11 Å². The maximum Gasteiger partial charge on any atom is 0.416 e. The Hall–Kier alpha value is -2.25. The molecule has 0 fully saturated rings. The summed E-state index contributed by atoms with van der Waals surface area (Å²) in [6.45, 7) is 1.47. The van der Waals surface area contributed by atoms with Crippen LogP contribution in [0, 0.1) is 6.92 Å². The van der Waals surface area contributed by atoms with E-state index in [2.05, 4.69) is 10.6 Å². The van der Waals surface area contributed by atoms with E-state index >= 15 is 0 Å². The Morgan fingerprint density at radius 3 is 2.48 bits per heavy atom. The van der Waals surface area contributed by atoms with Gasteiger partial charge < -0.3 is 15.7 Å². The minimum absolute atomic E-state index is 0.00572. The Morgan fingerprint density at radius 2 is 1.95 bits per heavy atom. The van der Waals surface area contributed by atoms with Crippen LogP contribution in [0.4, 0.5) is 23.7 Å². The predicted molar refractivity (Wildman–Crippen MR) is 70.1 cm³/mol. The predicted octanol–water partition coefficient (Wildman–Crippen LogP) is 3.00. The molecule has 0 spiro atoms. The molecule has 2 amide bonds. The lowest BCUT2D eigenvalue weighted by atomic mass is 10.1. The van der Waals surface area contributed by atoms with Gasteiger partial charge in [-0.05, 0) is 37.1 Å². The van der Waals surface area contributed by atoms with Crippen molar-refractivity contribution in [2.45, 2.75) is 25.9 Å². The van der Waals surface area contributed by atoms with E-state index in [1.54, 1.807) is 0 Å². The lowest BCUT2D eigenvalue weighted by molar-refractivity contribution is -0.138. The minimum Gasteiger partial charge on any atom is -0.481 e. The van der Waals surface area contributed by atoms with Gasteiger partial charge in [0.2, 0.25) is 0 Å². The first-order valence-corrected chi connectivity index (χ1v) is 6.14. The van der Waals surface area contributed by atoms with Crippen molar-refractivity contribution in [1.29, 1.82) is 0 Å². The van der Waals surface area contributed by atoms with Crippen molar-refractivity contribution < 1.29 is 27.9 Å². The maximum atomic E-state index is 12.6. The van der Waals surface area contributed by atoms with E-state index in [0.717, 1.165) is 12.1 Å². The number of hydrogen-bond acceptors (Lipinski definition) is 2. The van der Waals surface area contributed by atoms with Crippen LogP contribution in [0.5, 0.6) is 0 Å². The summed E-state index contributed by atoms with van der Waals surface area (Å²) in [5.74, 6) is -0.962. The van der Waals surface area contributed by atoms with Crippen LogP contribution in [0.1, 0.15) is 24.0 Å². The topological polar surface area (TPSA) is 78.4 Å². The number of carbonyl (C=O) groups excluding carboxylic acids is 1. The first-order valence-electron chi connectivity index (χ1n) is 6.14. The largest absolute Gasteiger partial charge is 0.481 e. The van der Waals surface area contributed by atoms with Crippen LogP contribution in [0.2, 0.25) is 0 Å². The molecule has 8 heteroatoms. The van der Waals surface area contributed by atoms with Crippen molar-refractivity contribution in [3.05, 3.63) is 29.3 Å². The number of urea groups is 1. The molecule has 0 saturated heterocycles. The molecule has 1 aromatic rings. The number of anilines is 1. The van der Waals surface area contributed by atoms with Crippen molar-refractivity contribution in [2.24, 2.45) is 0 Å². The van der Waals surface area contributed by atoms with Gasteiger partial charge in [0.25, 0.3) is 0 Å². The van der Waals surface area contributed by atoms with Crippen molar-refractivity contribution in [3.63, 3.8) is 0 Å². The number of carbonyl (C=O) groups is 2. The Morgan fingerprint density at radius 1 is 1.29 bits per heavy atom. The fourth-order valence-corrected chi connectivity index (χ4v) is 1.68. The molecule has 0 aromatic heterocycles. The number of carboxylic acids is 1. The van der Waals surface area contributed by atoms with Crippen molar-refractivity contribution in [2.75, 3.05) is 11.9 Å². The normalized spacial score (nSPS) is 11.0. The van der Waals surface area contributed by atoms with E-state index in [9.17, 15) is 22.8 Å². The lowest BCUT2D eigenvalue weighted by Crippen LogP contribution is -2.29. The number of carboxylic acid groups (broad SMARTS) is 1. The van der Waals surface area contributed by atoms with Gasteiger partial charge in [-0.25, -0.2) is 4.79 Å². The number of alkyl halides is 3. The highest BCUT2D eigenvalue weighted by molar-refractivity contribution is 5.89. The van der Waals surface area contributed by atoms with Gasteiger partial charge in [-0.3, -0.25) is 4.79 Å². The molecule has 1 aromatic carbocycles. The second kappa shape index (κ2) is 6.96. The summed E-state index contributed by atoms with van der Waals surface area (Å²) in [6.07, 6.45) is -4.23. The molecule has 5 nitrogen and oxygen atoms in total. The quantitative estimate of drug-likeness (QED) is 0.732. The zero-order valence-electron chi connectivity index (χ0n) is 11.3. The van der Waals surface area contributed by atoms with Crippen molar-refractivity contribution in [1.82, 2.24) is 5.32 Å². The molecule has 0 aliphatic rings. The summed E-state index contributed by atoms with van der Waals surface area (Å²) >= 11 is 0. The Balaban J connectivity index is 2.54. The Bertz CT molecular complexity index is 530. The molecule has 0 bridgehead atoms. The first-order chi connectivity index (χ1) is 9.70. The Kier molecular flexibility index (Phi) is 5.57. The molecule has 3 N–H and O–H groups in total. The molecule has 0 saturated carbocycles. The van der Waals surface area contributed by atoms with E-state index in [1.807, 2.05) is 0 Å². The molecule has 0 aliphatic carbocycles. The van der Waals surface area contributed by atoms with Crippen LogP contribution in [0.25, 0.3) is 0 Å². The molecule has 1 rings (SSSR count). The summed E-state index contributed by atoms with van der Waals surface area (Å²) in [4.78, 5) is 21.7. The highest BCUT2D eigenvalue weighted by Gasteiger charge is 2.32. The molecule has 0 radical (unpaired) electrons. The van der Waals surface area contributed by atoms with Gasteiger partial charge in [-0.15, -0.1) is 0 Å². The third kappa shape index (κ3) is 5.72. The Labute approximate surface area is 119 Å². The van der Waals surface area contributed by atoms with Crippen LogP contribution < -0.4 is 10.6 Å². The molecule has 116 valence electrons. The minimum atomic E-state index is -4.43. The van der Waals surface area contributed by atoms with Crippen molar-refractivity contribution in [3.8, 4) is 0 Å². The van der Waals surface area contributed by atoms with E-state index in [-0.39, 0.29) is 30.6 Å². The third-order valence-corrected chi connectivity index (χ3v) is 2.64. The van der Waals surface area contributed by atoms with E-state index < -0.39 is 23.7 Å². The van der Waals surface area contributed by atoms with Gasteiger partial charge in [0, 0.05) is 18.7 Å².